The molecule has 0 bridgehead atoms. The standard InChI is InChI=1S/C14H24N2S/c1-11-8-13(3)16(10-11)6-5-15-9-14-12(2)4-7-17-14/h4,7,11,13,15H,5-6,8-10H2,1-3H3. The van der Waals surface area contributed by atoms with Crippen molar-refractivity contribution in [3.05, 3.63) is 21.9 Å². The molecule has 2 atom stereocenters. The molecule has 0 radical (unpaired) electrons. The van der Waals surface area contributed by atoms with E-state index in [9.17, 15) is 0 Å². The van der Waals surface area contributed by atoms with Gasteiger partial charge in [0.25, 0.3) is 0 Å². The number of nitrogens with one attached hydrogen (secondary N) is 1. The number of hydrogen-bond acceptors (Lipinski definition) is 3. The van der Waals surface area contributed by atoms with Gasteiger partial charge in [-0.25, -0.2) is 0 Å². The van der Waals surface area contributed by atoms with Gasteiger partial charge >= 0.3 is 0 Å². The third-order valence-electron chi connectivity index (χ3n) is 3.74. The summed E-state index contributed by atoms with van der Waals surface area (Å²) in [5.74, 6) is 0.879. The summed E-state index contributed by atoms with van der Waals surface area (Å²) < 4.78 is 0. The highest BCUT2D eigenvalue weighted by atomic mass is 32.1. The van der Waals surface area contributed by atoms with Crippen molar-refractivity contribution >= 4 is 11.3 Å². The summed E-state index contributed by atoms with van der Waals surface area (Å²) in [4.78, 5) is 4.09. The Balaban J connectivity index is 1.65. The summed E-state index contributed by atoms with van der Waals surface area (Å²) in [5, 5.41) is 5.74. The van der Waals surface area contributed by atoms with E-state index in [0.717, 1.165) is 25.0 Å². The van der Waals surface area contributed by atoms with Crippen LogP contribution in [-0.4, -0.2) is 30.6 Å². The Hall–Kier alpha value is -0.380. The summed E-state index contributed by atoms with van der Waals surface area (Å²) in [6.07, 6.45) is 1.37. The van der Waals surface area contributed by atoms with Crippen molar-refractivity contribution in [3.63, 3.8) is 0 Å². The van der Waals surface area contributed by atoms with Crippen molar-refractivity contribution in [1.82, 2.24) is 10.2 Å². The van der Waals surface area contributed by atoms with E-state index in [0.29, 0.717) is 0 Å². The van der Waals surface area contributed by atoms with Crippen LogP contribution >= 0.6 is 11.3 Å². The molecule has 0 aromatic carbocycles. The van der Waals surface area contributed by atoms with Gasteiger partial charge in [0.1, 0.15) is 0 Å². The van der Waals surface area contributed by atoms with Gasteiger partial charge in [-0.15, -0.1) is 11.3 Å². The molecule has 0 saturated carbocycles. The van der Waals surface area contributed by atoms with Crippen LogP contribution in [-0.2, 0) is 6.54 Å². The van der Waals surface area contributed by atoms with E-state index in [4.69, 9.17) is 0 Å². The molecule has 0 amide bonds. The molecular weight excluding hydrogens is 228 g/mol. The fourth-order valence-corrected chi connectivity index (χ4v) is 3.58. The molecule has 1 aromatic rings. The average Bonchev–Trinajstić information content (AvgIpc) is 2.81. The maximum atomic E-state index is 3.56. The van der Waals surface area contributed by atoms with Crippen LogP contribution in [0.25, 0.3) is 0 Å². The van der Waals surface area contributed by atoms with Crippen molar-refractivity contribution < 1.29 is 0 Å². The molecule has 96 valence electrons. The van der Waals surface area contributed by atoms with Crippen LogP contribution < -0.4 is 5.32 Å². The van der Waals surface area contributed by atoms with Crippen molar-refractivity contribution in [3.8, 4) is 0 Å². The van der Waals surface area contributed by atoms with Crippen LogP contribution in [0.1, 0.15) is 30.7 Å². The normalized spacial score (nSPS) is 25.6. The Kier molecular flexibility index (Phi) is 4.60. The summed E-state index contributed by atoms with van der Waals surface area (Å²) >= 11 is 1.86. The van der Waals surface area contributed by atoms with Gasteiger partial charge in [0.15, 0.2) is 0 Å². The Bertz CT molecular complexity index is 348. The quantitative estimate of drug-likeness (QED) is 0.811. The highest BCUT2D eigenvalue weighted by Gasteiger charge is 2.24. The average molecular weight is 252 g/mol. The van der Waals surface area contributed by atoms with Crippen molar-refractivity contribution in [1.29, 1.82) is 0 Å². The lowest BCUT2D eigenvalue weighted by Gasteiger charge is -2.20. The van der Waals surface area contributed by atoms with Crippen LogP contribution in [0.15, 0.2) is 11.4 Å². The predicted octanol–water partition coefficient (Wildman–Crippen LogP) is 2.88. The molecule has 1 saturated heterocycles. The number of hydrogen-bond donors (Lipinski definition) is 1. The first-order valence-corrected chi connectivity index (χ1v) is 7.52. The Morgan fingerprint density at radius 2 is 2.29 bits per heavy atom. The summed E-state index contributed by atoms with van der Waals surface area (Å²) in [7, 11) is 0. The van der Waals surface area contributed by atoms with Gasteiger partial charge in [0.05, 0.1) is 0 Å². The van der Waals surface area contributed by atoms with E-state index in [2.05, 4.69) is 42.4 Å². The third kappa shape index (κ3) is 3.54. The second-order valence-corrected chi connectivity index (χ2v) is 6.39. The van der Waals surface area contributed by atoms with Crippen LogP contribution in [0.5, 0.6) is 0 Å². The molecule has 1 fully saturated rings. The fourth-order valence-electron chi connectivity index (χ4n) is 2.71. The molecular formula is C14H24N2S. The lowest BCUT2D eigenvalue weighted by Crippen LogP contribution is -2.34. The smallest absolute Gasteiger partial charge is 0.0302 e. The number of likely N-dealkylation sites (tertiary alicyclic amines) is 1. The van der Waals surface area contributed by atoms with Gasteiger partial charge in [0.2, 0.25) is 0 Å². The van der Waals surface area contributed by atoms with Crippen molar-refractivity contribution in [2.45, 2.75) is 39.8 Å². The minimum atomic E-state index is 0.773. The van der Waals surface area contributed by atoms with E-state index < -0.39 is 0 Å². The molecule has 1 N–H and O–H groups in total. The first-order valence-electron chi connectivity index (χ1n) is 6.64. The molecule has 0 spiro atoms. The van der Waals surface area contributed by atoms with Crippen molar-refractivity contribution in [2.75, 3.05) is 19.6 Å². The van der Waals surface area contributed by atoms with E-state index in [1.165, 1.54) is 30.0 Å². The molecule has 0 aliphatic carbocycles. The van der Waals surface area contributed by atoms with E-state index in [1.54, 1.807) is 0 Å². The van der Waals surface area contributed by atoms with Crippen LogP contribution in [0.4, 0.5) is 0 Å². The molecule has 2 rings (SSSR count). The molecule has 2 heterocycles. The zero-order valence-corrected chi connectivity index (χ0v) is 12.0. The van der Waals surface area contributed by atoms with Gasteiger partial charge in [0, 0.05) is 37.1 Å². The minimum Gasteiger partial charge on any atom is -0.311 e. The predicted molar refractivity (Wildman–Crippen MR) is 75.6 cm³/mol. The third-order valence-corrected chi connectivity index (χ3v) is 4.77. The van der Waals surface area contributed by atoms with E-state index in [1.807, 2.05) is 11.3 Å². The SMILES string of the molecule is Cc1ccsc1CNCCN1CC(C)CC1C. The maximum absolute atomic E-state index is 3.56. The number of aryl methyl sites for hydroxylation is 1. The molecule has 1 aliphatic heterocycles. The molecule has 1 aliphatic rings. The second kappa shape index (κ2) is 5.98. The second-order valence-electron chi connectivity index (χ2n) is 5.39. The van der Waals surface area contributed by atoms with Crippen LogP contribution in [0, 0.1) is 12.8 Å². The van der Waals surface area contributed by atoms with Gasteiger partial charge in [-0.05, 0) is 43.2 Å². The first-order chi connectivity index (χ1) is 8.16. The van der Waals surface area contributed by atoms with Gasteiger partial charge in [-0.2, -0.15) is 0 Å². The highest BCUT2D eigenvalue weighted by Crippen LogP contribution is 2.21. The van der Waals surface area contributed by atoms with Crippen molar-refractivity contribution in [2.24, 2.45) is 5.92 Å². The highest BCUT2D eigenvalue weighted by molar-refractivity contribution is 7.10. The topological polar surface area (TPSA) is 15.3 Å². The molecule has 3 heteroatoms. The molecule has 17 heavy (non-hydrogen) atoms. The van der Waals surface area contributed by atoms with Gasteiger partial charge in [-0.1, -0.05) is 6.92 Å². The lowest BCUT2D eigenvalue weighted by molar-refractivity contribution is 0.264. The van der Waals surface area contributed by atoms with Crippen LogP contribution in [0.2, 0.25) is 0 Å². The lowest BCUT2D eigenvalue weighted by atomic mass is 10.1. The monoisotopic (exact) mass is 252 g/mol. The number of nitrogens with zero attached hydrogens (tertiary/aromatic N) is 1. The van der Waals surface area contributed by atoms with E-state index in [-0.39, 0.29) is 0 Å². The Morgan fingerprint density at radius 1 is 1.47 bits per heavy atom. The fraction of sp³-hybridized carbons (Fsp3) is 0.714. The molecule has 2 nitrogen and oxygen atoms in total. The summed E-state index contributed by atoms with van der Waals surface area (Å²) in [6.45, 7) is 11.5. The summed E-state index contributed by atoms with van der Waals surface area (Å²) in [5.41, 5.74) is 1.42. The first kappa shape index (κ1) is 13.1. The Labute approximate surface area is 109 Å². The minimum absolute atomic E-state index is 0.773. The largest absolute Gasteiger partial charge is 0.311 e. The van der Waals surface area contributed by atoms with E-state index >= 15 is 0 Å². The van der Waals surface area contributed by atoms with Gasteiger partial charge in [-0.3, -0.25) is 4.90 Å². The van der Waals surface area contributed by atoms with Gasteiger partial charge < -0.3 is 5.32 Å². The zero-order valence-electron chi connectivity index (χ0n) is 11.2. The maximum Gasteiger partial charge on any atom is 0.0302 e. The number of thiophene rings is 1. The Morgan fingerprint density at radius 3 is 2.88 bits per heavy atom. The number of rotatable bonds is 5. The summed E-state index contributed by atoms with van der Waals surface area (Å²) in [6, 6.07) is 2.97. The van der Waals surface area contributed by atoms with Crippen LogP contribution in [0.3, 0.4) is 0 Å². The zero-order chi connectivity index (χ0) is 12.3. The molecule has 1 aromatic heterocycles. The molecule has 2 unspecified atom stereocenters.